The number of aromatic carboxylic acids is 1. The molecule has 0 fully saturated rings. The summed E-state index contributed by atoms with van der Waals surface area (Å²) in [5.41, 5.74) is -0.196. The monoisotopic (exact) mass is 325 g/mol. The van der Waals surface area contributed by atoms with Crippen LogP contribution in [0.3, 0.4) is 0 Å². The van der Waals surface area contributed by atoms with Gasteiger partial charge in [-0.3, -0.25) is 0 Å². The SMILES string of the molecule is COc1cc(C(=O)O)ccc1S(=O)(=O)NCC(O)C(F)F. The lowest BCUT2D eigenvalue weighted by Gasteiger charge is -2.13. The van der Waals surface area contributed by atoms with Gasteiger partial charge in [-0.05, 0) is 18.2 Å². The van der Waals surface area contributed by atoms with E-state index in [-0.39, 0.29) is 11.3 Å². The number of halogens is 2. The minimum atomic E-state index is -4.24. The first-order valence-corrected chi connectivity index (χ1v) is 7.04. The Labute approximate surface area is 119 Å². The van der Waals surface area contributed by atoms with E-state index in [1.54, 1.807) is 4.72 Å². The van der Waals surface area contributed by atoms with Crippen LogP contribution in [0, 0.1) is 0 Å². The Balaban J connectivity index is 3.05. The molecule has 1 unspecified atom stereocenters. The summed E-state index contributed by atoms with van der Waals surface area (Å²) in [6.45, 7) is -0.885. The van der Waals surface area contributed by atoms with Crippen LogP contribution in [0.2, 0.25) is 0 Å². The van der Waals surface area contributed by atoms with Crippen LogP contribution in [-0.4, -0.2) is 50.8 Å². The van der Waals surface area contributed by atoms with Crippen LogP contribution < -0.4 is 9.46 Å². The number of rotatable bonds is 7. The molecule has 0 saturated heterocycles. The Kier molecular flexibility index (Phi) is 5.58. The van der Waals surface area contributed by atoms with Gasteiger partial charge in [0.05, 0.1) is 12.7 Å². The number of sulfonamides is 1. The van der Waals surface area contributed by atoms with Crippen LogP contribution >= 0.6 is 0 Å². The Hall–Kier alpha value is -1.78. The van der Waals surface area contributed by atoms with E-state index >= 15 is 0 Å². The van der Waals surface area contributed by atoms with Crippen LogP contribution in [0.4, 0.5) is 8.78 Å². The van der Waals surface area contributed by atoms with E-state index in [1.165, 1.54) is 0 Å². The average Bonchev–Trinajstić information content (AvgIpc) is 2.43. The van der Waals surface area contributed by atoms with Crippen LogP contribution in [0.1, 0.15) is 10.4 Å². The summed E-state index contributed by atoms with van der Waals surface area (Å²) in [5, 5.41) is 17.7. The molecule has 0 saturated carbocycles. The van der Waals surface area contributed by atoms with E-state index in [0.29, 0.717) is 0 Å². The van der Waals surface area contributed by atoms with Crippen molar-refractivity contribution in [3.8, 4) is 5.75 Å². The molecule has 1 atom stereocenters. The first-order valence-electron chi connectivity index (χ1n) is 5.56. The highest BCUT2D eigenvalue weighted by Gasteiger charge is 2.24. The second-order valence-corrected chi connectivity index (χ2v) is 5.66. The van der Waals surface area contributed by atoms with E-state index < -0.39 is 40.0 Å². The van der Waals surface area contributed by atoms with Gasteiger partial charge in [0.15, 0.2) is 0 Å². The third-order valence-corrected chi connectivity index (χ3v) is 3.94. The Morgan fingerprint density at radius 1 is 1.43 bits per heavy atom. The molecule has 0 aliphatic rings. The third-order valence-electron chi connectivity index (χ3n) is 2.47. The largest absolute Gasteiger partial charge is 0.495 e. The number of aliphatic hydroxyl groups excluding tert-OH is 1. The Morgan fingerprint density at radius 2 is 2.05 bits per heavy atom. The van der Waals surface area contributed by atoms with Crippen LogP contribution in [0.15, 0.2) is 23.1 Å². The number of carbonyl (C=O) groups is 1. The molecule has 0 heterocycles. The van der Waals surface area contributed by atoms with E-state index in [4.69, 9.17) is 14.9 Å². The van der Waals surface area contributed by atoms with Crippen LogP contribution in [0.25, 0.3) is 0 Å². The summed E-state index contributed by atoms with van der Waals surface area (Å²) in [4.78, 5) is 10.4. The molecular weight excluding hydrogens is 312 g/mol. The van der Waals surface area contributed by atoms with Crippen molar-refractivity contribution in [2.75, 3.05) is 13.7 Å². The molecule has 10 heteroatoms. The average molecular weight is 325 g/mol. The molecule has 0 amide bonds. The van der Waals surface area contributed by atoms with Gasteiger partial charge in [-0.1, -0.05) is 0 Å². The molecule has 118 valence electrons. The summed E-state index contributed by atoms with van der Waals surface area (Å²) < 4.78 is 54.7. The zero-order valence-electron chi connectivity index (χ0n) is 10.8. The highest BCUT2D eigenvalue weighted by atomic mass is 32.2. The molecule has 7 nitrogen and oxygen atoms in total. The lowest BCUT2D eigenvalue weighted by atomic mass is 10.2. The van der Waals surface area contributed by atoms with Crippen molar-refractivity contribution in [3.63, 3.8) is 0 Å². The van der Waals surface area contributed by atoms with Crippen molar-refractivity contribution in [2.24, 2.45) is 0 Å². The van der Waals surface area contributed by atoms with Gasteiger partial charge in [0.25, 0.3) is 6.43 Å². The predicted molar refractivity (Wildman–Crippen MR) is 67.2 cm³/mol. The van der Waals surface area contributed by atoms with Crippen LogP contribution in [0.5, 0.6) is 5.75 Å². The maximum absolute atomic E-state index is 12.1. The van der Waals surface area contributed by atoms with Crippen molar-refractivity contribution in [3.05, 3.63) is 23.8 Å². The number of nitrogens with one attached hydrogen (secondary N) is 1. The highest BCUT2D eigenvalue weighted by Crippen LogP contribution is 2.25. The molecule has 0 aromatic heterocycles. The van der Waals surface area contributed by atoms with E-state index in [1.807, 2.05) is 0 Å². The summed E-state index contributed by atoms with van der Waals surface area (Å²) >= 11 is 0. The van der Waals surface area contributed by atoms with Crippen molar-refractivity contribution < 1.29 is 36.9 Å². The number of alkyl halides is 2. The molecule has 3 N–H and O–H groups in total. The number of carboxylic acid groups (broad SMARTS) is 1. The second kappa shape index (κ2) is 6.78. The van der Waals surface area contributed by atoms with Crippen molar-refractivity contribution >= 4 is 16.0 Å². The van der Waals surface area contributed by atoms with Gasteiger partial charge < -0.3 is 14.9 Å². The molecule has 0 aliphatic carbocycles. The quantitative estimate of drug-likeness (QED) is 0.664. The zero-order valence-corrected chi connectivity index (χ0v) is 11.6. The maximum atomic E-state index is 12.1. The number of ether oxygens (including phenoxy) is 1. The normalized spacial score (nSPS) is 13.2. The summed E-state index contributed by atoms with van der Waals surface area (Å²) in [6, 6.07) is 2.99. The van der Waals surface area contributed by atoms with Gasteiger partial charge >= 0.3 is 5.97 Å². The number of benzene rings is 1. The lowest BCUT2D eigenvalue weighted by Crippen LogP contribution is -2.36. The Morgan fingerprint density at radius 3 is 2.52 bits per heavy atom. The van der Waals surface area contributed by atoms with Crippen molar-refractivity contribution in [2.45, 2.75) is 17.4 Å². The molecule has 1 rings (SSSR count). The number of aliphatic hydroxyl groups is 1. The number of hydrogen-bond donors (Lipinski definition) is 3. The molecule has 21 heavy (non-hydrogen) atoms. The fourth-order valence-corrected chi connectivity index (χ4v) is 2.58. The van der Waals surface area contributed by atoms with Gasteiger partial charge in [-0.2, -0.15) is 0 Å². The first-order chi connectivity index (χ1) is 9.69. The smallest absolute Gasteiger partial charge is 0.335 e. The Bertz CT molecular complexity index is 619. The van der Waals surface area contributed by atoms with E-state index in [9.17, 15) is 22.0 Å². The number of carboxylic acids is 1. The van der Waals surface area contributed by atoms with Gasteiger partial charge in [0, 0.05) is 6.54 Å². The van der Waals surface area contributed by atoms with Crippen LogP contribution in [-0.2, 0) is 10.0 Å². The maximum Gasteiger partial charge on any atom is 0.335 e. The molecule has 1 aromatic rings. The van der Waals surface area contributed by atoms with Gasteiger partial charge in [0.2, 0.25) is 10.0 Å². The van der Waals surface area contributed by atoms with Gasteiger partial charge in [-0.15, -0.1) is 0 Å². The fraction of sp³-hybridized carbons (Fsp3) is 0.364. The molecule has 1 aromatic carbocycles. The van der Waals surface area contributed by atoms with Gasteiger partial charge in [0.1, 0.15) is 16.7 Å². The third kappa shape index (κ3) is 4.34. The number of methoxy groups -OCH3 is 1. The lowest BCUT2D eigenvalue weighted by molar-refractivity contribution is -0.000455. The molecular formula is C11H13F2NO6S. The highest BCUT2D eigenvalue weighted by molar-refractivity contribution is 7.89. The fourth-order valence-electron chi connectivity index (χ4n) is 1.38. The number of hydrogen-bond acceptors (Lipinski definition) is 5. The van der Waals surface area contributed by atoms with Crippen molar-refractivity contribution in [1.29, 1.82) is 0 Å². The van der Waals surface area contributed by atoms with E-state index in [0.717, 1.165) is 25.3 Å². The molecule has 0 radical (unpaired) electrons. The topological polar surface area (TPSA) is 113 Å². The summed E-state index contributed by atoms with van der Waals surface area (Å²) in [5.74, 6) is -1.53. The predicted octanol–water partition coefficient (Wildman–Crippen LogP) is 0.298. The molecule has 0 spiro atoms. The van der Waals surface area contributed by atoms with E-state index in [2.05, 4.69) is 0 Å². The standard InChI is InChI=1S/C11H13F2NO6S/c1-20-8-4-6(11(16)17)2-3-9(8)21(18,19)14-5-7(15)10(12)13/h2-4,7,10,14-15H,5H2,1H3,(H,16,17). The molecule has 0 bridgehead atoms. The first kappa shape index (κ1) is 17.3. The second-order valence-electron chi connectivity index (χ2n) is 3.92. The minimum Gasteiger partial charge on any atom is -0.495 e. The zero-order chi connectivity index (χ0) is 16.2. The summed E-state index contributed by atoms with van der Waals surface area (Å²) in [6.07, 6.45) is -5.24. The van der Waals surface area contributed by atoms with Crippen molar-refractivity contribution in [1.82, 2.24) is 4.72 Å². The van der Waals surface area contributed by atoms with Gasteiger partial charge in [-0.25, -0.2) is 26.7 Å². The minimum absolute atomic E-state index is 0.196. The summed E-state index contributed by atoms with van der Waals surface area (Å²) in [7, 11) is -3.10. The molecule has 0 aliphatic heterocycles.